The zero-order valence-electron chi connectivity index (χ0n) is 12.8. The van der Waals surface area contributed by atoms with Crippen LogP contribution in [0.25, 0.3) is 0 Å². The molecule has 5 heteroatoms. The second-order valence-corrected chi connectivity index (χ2v) is 6.40. The van der Waals surface area contributed by atoms with Crippen LogP contribution in [-0.2, 0) is 6.54 Å². The lowest BCUT2D eigenvalue weighted by Gasteiger charge is -2.20. The van der Waals surface area contributed by atoms with Gasteiger partial charge in [0, 0.05) is 18.3 Å². The molecule has 21 heavy (non-hydrogen) atoms. The Hall–Kier alpha value is -1.65. The summed E-state index contributed by atoms with van der Waals surface area (Å²) in [4.78, 5) is 8.60. The van der Waals surface area contributed by atoms with Crippen molar-refractivity contribution in [1.29, 1.82) is 0 Å². The van der Waals surface area contributed by atoms with E-state index in [0.717, 1.165) is 11.3 Å². The highest BCUT2D eigenvalue weighted by molar-refractivity contribution is 6.32. The van der Waals surface area contributed by atoms with Gasteiger partial charge in [0.05, 0.1) is 16.9 Å². The van der Waals surface area contributed by atoms with E-state index in [9.17, 15) is 0 Å². The molecule has 0 fully saturated rings. The molecule has 0 aliphatic rings. The van der Waals surface area contributed by atoms with Gasteiger partial charge in [-0.3, -0.25) is 4.98 Å². The number of hydrogen-bond acceptors (Lipinski definition) is 4. The van der Waals surface area contributed by atoms with E-state index in [1.807, 2.05) is 25.1 Å². The molecule has 4 nitrogen and oxygen atoms in total. The molecule has 0 saturated carbocycles. The van der Waals surface area contributed by atoms with Crippen LogP contribution in [0, 0.1) is 6.92 Å². The van der Waals surface area contributed by atoms with Gasteiger partial charge >= 0.3 is 0 Å². The van der Waals surface area contributed by atoms with Crippen LogP contribution in [0.3, 0.4) is 0 Å². The molecule has 0 unspecified atom stereocenters. The maximum atomic E-state index is 6.12. The Morgan fingerprint density at radius 2 is 2.00 bits per heavy atom. The quantitative estimate of drug-likeness (QED) is 0.923. The summed E-state index contributed by atoms with van der Waals surface area (Å²) < 4.78 is 5.73. The molecular weight excluding hydrogens is 286 g/mol. The molecule has 0 aliphatic heterocycles. The fourth-order valence-corrected chi connectivity index (χ4v) is 1.83. The van der Waals surface area contributed by atoms with Gasteiger partial charge in [-0.25, -0.2) is 4.98 Å². The first-order valence-corrected chi connectivity index (χ1v) is 7.21. The van der Waals surface area contributed by atoms with Gasteiger partial charge in [-0.1, -0.05) is 17.7 Å². The Bertz CT molecular complexity index is 623. The average molecular weight is 306 g/mol. The lowest BCUT2D eigenvalue weighted by molar-refractivity contribution is 0.414. The van der Waals surface area contributed by atoms with Crippen molar-refractivity contribution in [2.24, 2.45) is 0 Å². The van der Waals surface area contributed by atoms with Crippen molar-refractivity contribution >= 4 is 11.6 Å². The highest BCUT2D eigenvalue weighted by Crippen LogP contribution is 2.29. The molecule has 2 aromatic rings. The zero-order valence-corrected chi connectivity index (χ0v) is 13.5. The van der Waals surface area contributed by atoms with Crippen LogP contribution in [0.2, 0.25) is 5.02 Å². The van der Waals surface area contributed by atoms with Crippen molar-refractivity contribution in [3.05, 3.63) is 46.9 Å². The van der Waals surface area contributed by atoms with Gasteiger partial charge in [0.1, 0.15) is 5.75 Å². The van der Waals surface area contributed by atoms with Crippen LogP contribution in [-0.4, -0.2) is 15.5 Å². The van der Waals surface area contributed by atoms with E-state index in [2.05, 4.69) is 36.1 Å². The molecular formula is C16H20ClN3O. The van der Waals surface area contributed by atoms with Crippen molar-refractivity contribution in [2.75, 3.05) is 0 Å². The van der Waals surface area contributed by atoms with Gasteiger partial charge in [-0.15, -0.1) is 0 Å². The molecule has 0 saturated heterocycles. The van der Waals surface area contributed by atoms with Crippen molar-refractivity contribution < 1.29 is 4.74 Å². The van der Waals surface area contributed by atoms with Crippen LogP contribution in [0.15, 0.2) is 30.6 Å². The number of aromatic nitrogens is 2. The first-order chi connectivity index (χ1) is 9.83. The summed E-state index contributed by atoms with van der Waals surface area (Å²) in [5.41, 5.74) is 1.93. The van der Waals surface area contributed by atoms with E-state index >= 15 is 0 Å². The van der Waals surface area contributed by atoms with Crippen LogP contribution < -0.4 is 10.1 Å². The molecule has 1 N–H and O–H groups in total. The molecule has 0 amide bonds. The van der Waals surface area contributed by atoms with Crippen molar-refractivity contribution in [3.8, 4) is 11.6 Å². The summed E-state index contributed by atoms with van der Waals surface area (Å²) in [5, 5.41) is 3.92. The van der Waals surface area contributed by atoms with Crippen molar-refractivity contribution in [3.63, 3.8) is 0 Å². The number of hydrogen-bond donors (Lipinski definition) is 1. The monoisotopic (exact) mass is 305 g/mol. The lowest BCUT2D eigenvalue weighted by atomic mass is 10.1. The fourth-order valence-electron chi connectivity index (χ4n) is 1.68. The van der Waals surface area contributed by atoms with Gasteiger partial charge in [-0.05, 0) is 45.4 Å². The minimum absolute atomic E-state index is 0.0262. The molecule has 1 heterocycles. The number of rotatable bonds is 4. The highest BCUT2D eigenvalue weighted by atomic mass is 35.5. The Balaban J connectivity index is 2.12. The molecule has 0 radical (unpaired) electrons. The Kier molecular flexibility index (Phi) is 4.80. The maximum absolute atomic E-state index is 6.12. The molecule has 0 aliphatic carbocycles. The second kappa shape index (κ2) is 6.41. The molecule has 1 aromatic heterocycles. The van der Waals surface area contributed by atoms with Gasteiger partial charge in [0.15, 0.2) is 0 Å². The normalized spacial score (nSPS) is 11.5. The summed E-state index contributed by atoms with van der Waals surface area (Å²) in [5.74, 6) is 1.03. The van der Waals surface area contributed by atoms with Gasteiger partial charge in [0.2, 0.25) is 5.88 Å². The summed E-state index contributed by atoms with van der Waals surface area (Å²) >= 11 is 6.12. The maximum Gasteiger partial charge on any atom is 0.238 e. The smallest absolute Gasteiger partial charge is 0.238 e. The molecule has 112 valence electrons. The van der Waals surface area contributed by atoms with E-state index < -0.39 is 0 Å². The van der Waals surface area contributed by atoms with Crippen molar-refractivity contribution in [1.82, 2.24) is 15.3 Å². The summed E-state index contributed by atoms with van der Waals surface area (Å²) in [6, 6.07) is 5.62. The van der Waals surface area contributed by atoms with E-state index in [1.165, 1.54) is 0 Å². The van der Waals surface area contributed by atoms with Crippen LogP contribution in [0.1, 0.15) is 32.0 Å². The molecule has 0 bridgehead atoms. The number of nitrogens with one attached hydrogen (secondary N) is 1. The van der Waals surface area contributed by atoms with E-state index in [0.29, 0.717) is 23.2 Å². The number of benzene rings is 1. The first-order valence-electron chi connectivity index (χ1n) is 6.83. The summed E-state index contributed by atoms with van der Waals surface area (Å²) in [6.07, 6.45) is 3.31. The Labute approximate surface area is 130 Å². The summed E-state index contributed by atoms with van der Waals surface area (Å²) in [7, 11) is 0. The number of nitrogens with zero attached hydrogens (tertiary/aromatic N) is 2. The van der Waals surface area contributed by atoms with Crippen LogP contribution in [0.4, 0.5) is 0 Å². The predicted molar refractivity (Wildman–Crippen MR) is 84.9 cm³/mol. The third kappa shape index (κ3) is 4.99. The fraction of sp³-hybridized carbons (Fsp3) is 0.375. The zero-order chi connectivity index (χ0) is 15.5. The van der Waals surface area contributed by atoms with Crippen LogP contribution in [0.5, 0.6) is 11.6 Å². The van der Waals surface area contributed by atoms with Gasteiger partial charge in [0.25, 0.3) is 0 Å². The van der Waals surface area contributed by atoms with E-state index in [4.69, 9.17) is 16.3 Å². The second-order valence-electron chi connectivity index (χ2n) is 5.99. The minimum atomic E-state index is 0.0262. The standard InChI is InChI=1S/C16H20ClN3O/c1-11-5-6-13(17)14(7-11)21-15-10-18-8-12(20-15)9-19-16(2,3)4/h5-8,10,19H,9H2,1-4H3. The Morgan fingerprint density at radius 1 is 1.24 bits per heavy atom. The van der Waals surface area contributed by atoms with E-state index in [1.54, 1.807) is 12.4 Å². The molecule has 2 rings (SSSR count). The van der Waals surface area contributed by atoms with E-state index in [-0.39, 0.29) is 5.54 Å². The first kappa shape index (κ1) is 15.7. The highest BCUT2D eigenvalue weighted by Gasteiger charge is 2.10. The topological polar surface area (TPSA) is 47.0 Å². The third-order valence-electron chi connectivity index (χ3n) is 2.76. The number of ether oxygens (including phenoxy) is 1. The SMILES string of the molecule is Cc1ccc(Cl)c(Oc2cncc(CNC(C)(C)C)n2)c1. The molecule has 1 aromatic carbocycles. The van der Waals surface area contributed by atoms with Crippen molar-refractivity contribution in [2.45, 2.75) is 39.8 Å². The van der Waals surface area contributed by atoms with Crippen LogP contribution >= 0.6 is 11.6 Å². The molecule has 0 atom stereocenters. The summed E-state index contributed by atoms with van der Waals surface area (Å²) in [6.45, 7) is 8.93. The molecule has 0 spiro atoms. The van der Waals surface area contributed by atoms with Gasteiger partial charge < -0.3 is 10.1 Å². The average Bonchev–Trinajstić information content (AvgIpc) is 2.40. The Morgan fingerprint density at radius 3 is 2.71 bits per heavy atom. The number of halogens is 1. The number of aryl methyl sites for hydroxylation is 1. The lowest BCUT2D eigenvalue weighted by Crippen LogP contribution is -2.35. The third-order valence-corrected chi connectivity index (χ3v) is 3.08. The van der Waals surface area contributed by atoms with Gasteiger partial charge in [-0.2, -0.15) is 0 Å². The minimum Gasteiger partial charge on any atom is -0.436 e. The largest absolute Gasteiger partial charge is 0.436 e. The predicted octanol–water partition coefficient (Wildman–Crippen LogP) is 4.12.